The summed E-state index contributed by atoms with van der Waals surface area (Å²) < 4.78 is 0. The van der Waals surface area contributed by atoms with Crippen LogP contribution in [-0.4, -0.2) is 24.0 Å². The van der Waals surface area contributed by atoms with Gasteiger partial charge in [-0.25, -0.2) is 4.98 Å². The van der Waals surface area contributed by atoms with E-state index in [1.165, 1.54) is 39.4 Å². The fourth-order valence-corrected chi connectivity index (χ4v) is 5.75. The van der Waals surface area contributed by atoms with Crippen LogP contribution >= 0.6 is 11.3 Å². The molecular formula is C25H28N3OS+. The largest absolute Gasteiger partial charge is 0.323 e. The predicted molar refractivity (Wildman–Crippen MR) is 121 cm³/mol. The Morgan fingerprint density at radius 3 is 2.57 bits per heavy atom. The fourth-order valence-electron chi connectivity index (χ4n) is 4.59. The van der Waals surface area contributed by atoms with E-state index in [1.54, 1.807) is 11.3 Å². The summed E-state index contributed by atoms with van der Waals surface area (Å²) in [6.45, 7) is 3.05. The van der Waals surface area contributed by atoms with Crippen LogP contribution in [-0.2, 0) is 37.1 Å². The van der Waals surface area contributed by atoms with Crippen molar-refractivity contribution in [3.05, 3.63) is 81.9 Å². The van der Waals surface area contributed by atoms with Gasteiger partial charge in [-0.2, -0.15) is 0 Å². The summed E-state index contributed by atoms with van der Waals surface area (Å²) >= 11 is 1.73. The first-order valence-electron chi connectivity index (χ1n) is 11.0. The van der Waals surface area contributed by atoms with Crippen molar-refractivity contribution in [1.29, 1.82) is 0 Å². The molecule has 0 spiro atoms. The summed E-state index contributed by atoms with van der Waals surface area (Å²) in [5, 5.41) is 0.882. The first kappa shape index (κ1) is 19.5. The van der Waals surface area contributed by atoms with Crippen molar-refractivity contribution in [2.45, 2.75) is 45.2 Å². The minimum atomic E-state index is 0.180. The van der Waals surface area contributed by atoms with Crippen LogP contribution in [0.3, 0.4) is 0 Å². The Bertz CT molecular complexity index is 1010. The lowest BCUT2D eigenvalue weighted by atomic mass is 10.00. The molecule has 1 aliphatic carbocycles. The van der Waals surface area contributed by atoms with E-state index < -0.39 is 0 Å². The van der Waals surface area contributed by atoms with Crippen molar-refractivity contribution < 1.29 is 9.69 Å². The number of amides is 1. The first-order chi connectivity index (χ1) is 14.8. The van der Waals surface area contributed by atoms with Crippen LogP contribution in [0.2, 0.25) is 0 Å². The van der Waals surface area contributed by atoms with Gasteiger partial charge in [0.2, 0.25) is 0 Å². The number of anilines is 1. The number of thiazole rings is 1. The van der Waals surface area contributed by atoms with Crippen LogP contribution in [0.25, 0.3) is 0 Å². The van der Waals surface area contributed by atoms with E-state index in [0.29, 0.717) is 13.1 Å². The van der Waals surface area contributed by atoms with Crippen molar-refractivity contribution in [1.82, 2.24) is 4.98 Å². The summed E-state index contributed by atoms with van der Waals surface area (Å²) in [6, 6.07) is 18.9. The molecular weight excluding hydrogens is 390 g/mol. The summed E-state index contributed by atoms with van der Waals surface area (Å²) in [5.41, 5.74) is 5.18. The number of hydrogen-bond donors (Lipinski definition) is 1. The van der Waals surface area contributed by atoms with Gasteiger partial charge in [-0.15, -0.1) is 11.3 Å². The Hall–Kier alpha value is -2.50. The molecule has 1 N–H and O–H groups in total. The van der Waals surface area contributed by atoms with Crippen molar-refractivity contribution in [3.63, 3.8) is 0 Å². The maximum atomic E-state index is 13.5. The highest BCUT2D eigenvalue weighted by Crippen LogP contribution is 2.32. The highest BCUT2D eigenvalue weighted by atomic mass is 32.1. The summed E-state index contributed by atoms with van der Waals surface area (Å²) in [5.74, 6) is 0.180. The van der Waals surface area contributed by atoms with Gasteiger partial charge in [0.25, 0.3) is 5.91 Å². The molecule has 2 aromatic carbocycles. The lowest BCUT2D eigenvalue weighted by molar-refractivity contribution is -0.907. The zero-order chi connectivity index (χ0) is 20.3. The van der Waals surface area contributed by atoms with E-state index in [-0.39, 0.29) is 5.91 Å². The number of quaternary nitrogens is 1. The molecule has 154 valence electrons. The summed E-state index contributed by atoms with van der Waals surface area (Å²) in [6.07, 6.45) is 5.64. The second-order valence-electron chi connectivity index (χ2n) is 8.41. The molecule has 2 heterocycles. The molecule has 5 heteroatoms. The molecule has 0 fully saturated rings. The van der Waals surface area contributed by atoms with Gasteiger partial charge in [0, 0.05) is 16.9 Å². The molecule has 5 rings (SSSR count). The monoisotopic (exact) mass is 418 g/mol. The second kappa shape index (κ2) is 8.70. The van der Waals surface area contributed by atoms with Crippen LogP contribution in [0, 0.1) is 0 Å². The number of hydrogen-bond acceptors (Lipinski definition) is 3. The van der Waals surface area contributed by atoms with Gasteiger partial charge in [-0.1, -0.05) is 54.6 Å². The molecule has 1 atom stereocenters. The molecule has 3 aromatic rings. The van der Waals surface area contributed by atoms with Gasteiger partial charge in [0.15, 0.2) is 11.7 Å². The van der Waals surface area contributed by atoms with E-state index in [0.717, 1.165) is 43.0 Å². The molecule has 2 aliphatic rings. The topological polar surface area (TPSA) is 37.6 Å². The third-order valence-corrected chi connectivity index (χ3v) is 7.44. The third kappa shape index (κ3) is 4.18. The highest BCUT2D eigenvalue weighted by Gasteiger charge is 2.28. The number of carbonyl (C=O) groups is 1. The lowest BCUT2D eigenvalue weighted by Gasteiger charge is -2.27. The van der Waals surface area contributed by atoms with Crippen molar-refractivity contribution in [3.8, 4) is 0 Å². The molecule has 0 bridgehead atoms. The van der Waals surface area contributed by atoms with E-state index in [2.05, 4.69) is 36.4 Å². The van der Waals surface area contributed by atoms with E-state index in [4.69, 9.17) is 4.98 Å². The number of nitrogens with zero attached hydrogens (tertiary/aromatic N) is 2. The summed E-state index contributed by atoms with van der Waals surface area (Å²) in [7, 11) is 0. The average Bonchev–Trinajstić information content (AvgIpc) is 3.22. The van der Waals surface area contributed by atoms with Crippen LogP contribution < -0.4 is 9.80 Å². The predicted octanol–water partition coefficient (Wildman–Crippen LogP) is 3.20. The summed E-state index contributed by atoms with van der Waals surface area (Å²) in [4.78, 5) is 23.1. The Kier molecular flexibility index (Phi) is 5.65. The second-order valence-corrected chi connectivity index (χ2v) is 9.47. The quantitative estimate of drug-likeness (QED) is 0.691. The third-order valence-electron chi connectivity index (χ3n) is 6.26. The van der Waals surface area contributed by atoms with Gasteiger partial charge < -0.3 is 4.90 Å². The number of nitrogens with one attached hydrogen (secondary N) is 1. The smallest absolute Gasteiger partial charge is 0.284 e. The Morgan fingerprint density at radius 1 is 0.967 bits per heavy atom. The number of rotatable bonds is 5. The number of fused-ring (bicyclic) bond motifs is 2. The molecule has 0 saturated carbocycles. The van der Waals surface area contributed by atoms with Crippen LogP contribution in [0.1, 0.15) is 40.1 Å². The average molecular weight is 419 g/mol. The molecule has 1 unspecified atom stereocenters. The Morgan fingerprint density at radius 2 is 1.73 bits per heavy atom. The molecule has 1 aromatic heterocycles. The van der Waals surface area contributed by atoms with Crippen LogP contribution in [0.15, 0.2) is 54.6 Å². The van der Waals surface area contributed by atoms with Gasteiger partial charge in [-0.05, 0) is 36.8 Å². The minimum absolute atomic E-state index is 0.180. The Labute approximate surface area is 182 Å². The van der Waals surface area contributed by atoms with Gasteiger partial charge >= 0.3 is 0 Å². The maximum absolute atomic E-state index is 13.5. The van der Waals surface area contributed by atoms with E-state index in [1.807, 2.05) is 23.1 Å². The molecule has 4 nitrogen and oxygen atoms in total. The fraction of sp³-hybridized carbons (Fsp3) is 0.360. The maximum Gasteiger partial charge on any atom is 0.284 e. The van der Waals surface area contributed by atoms with Crippen molar-refractivity contribution in [2.24, 2.45) is 0 Å². The molecule has 0 saturated heterocycles. The molecule has 30 heavy (non-hydrogen) atoms. The normalized spacial score (nSPS) is 17.8. The minimum Gasteiger partial charge on any atom is -0.323 e. The number of aryl methyl sites for hydroxylation is 2. The van der Waals surface area contributed by atoms with E-state index >= 15 is 0 Å². The zero-order valence-electron chi connectivity index (χ0n) is 17.3. The zero-order valence-corrected chi connectivity index (χ0v) is 18.1. The van der Waals surface area contributed by atoms with Gasteiger partial charge in [0.05, 0.1) is 18.8 Å². The van der Waals surface area contributed by atoms with Crippen molar-refractivity contribution in [2.75, 3.05) is 18.0 Å². The first-order valence-corrected chi connectivity index (χ1v) is 11.8. The molecule has 0 radical (unpaired) electrons. The molecule has 1 amide bonds. The highest BCUT2D eigenvalue weighted by molar-refractivity contribution is 7.15. The lowest BCUT2D eigenvalue weighted by Crippen LogP contribution is -3.12. The molecule has 1 aliphatic heterocycles. The number of benzene rings is 2. The SMILES string of the molecule is O=C(C[NH+]1CCc2ccccc2C1)N(Cc1ccccc1)c1nc2c(s1)CCCC2. The number of carbonyl (C=O) groups excluding carboxylic acids is 1. The Balaban J connectivity index is 1.37. The van der Waals surface area contributed by atoms with Crippen LogP contribution in [0.4, 0.5) is 5.13 Å². The van der Waals surface area contributed by atoms with Gasteiger partial charge in [0.1, 0.15) is 6.54 Å². The standard InChI is InChI=1S/C25H27N3OS/c29-24(18-27-15-14-20-10-4-5-11-21(20)17-27)28(16-19-8-2-1-3-9-19)25-26-22-12-6-7-13-23(22)30-25/h1-5,8-11H,6-7,12-18H2/p+1. The van der Waals surface area contributed by atoms with Crippen molar-refractivity contribution >= 4 is 22.4 Å². The number of aromatic nitrogens is 1. The van der Waals surface area contributed by atoms with E-state index in [9.17, 15) is 4.79 Å². The van der Waals surface area contributed by atoms with Gasteiger partial charge in [-0.3, -0.25) is 9.69 Å². The van der Waals surface area contributed by atoms with Crippen LogP contribution in [0.5, 0.6) is 0 Å².